The Labute approximate surface area is 211 Å². The van der Waals surface area contributed by atoms with E-state index >= 15 is 0 Å². The normalized spacial score (nSPS) is 17.9. The first kappa shape index (κ1) is 23.2. The number of benzene rings is 2. The molecule has 3 aliphatic rings. The van der Waals surface area contributed by atoms with Crippen LogP contribution in [0.25, 0.3) is 5.69 Å². The van der Waals surface area contributed by atoms with Gasteiger partial charge in [0, 0.05) is 49.1 Å². The first-order valence-corrected chi connectivity index (χ1v) is 13.1. The van der Waals surface area contributed by atoms with E-state index in [9.17, 15) is 9.18 Å². The predicted molar refractivity (Wildman–Crippen MR) is 135 cm³/mol. The first-order valence-electron chi connectivity index (χ1n) is 13.1. The third-order valence-corrected chi connectivity index (χ3v) is 7.93. The van der Waals surface area contributed by atoms with Crippen molar-refractivity contribution in [3.05, 3.63) is 76.9 Å². The summed E-state index contributed by atoms with van der Waals surface area (Å²) in [6.07, 6.45) is 6.12. The topological polar surface area (TPSA) is 50.6 Å². The van der Waals surface area contributed by atoms with Crippen molar-refractivity contribution in [1.82, 2.24) is 19.6 Å². The molecule has 2 aromatic carbocycles. The minimum absolute atomic E-state index is 0.167. The molecule has 0 N–H and O–H groups in total. The lowest BCUT2D eigenvalue weighted by atomic mass is 9.84. The average molecular weight is 489 g/mol. The maximum absolute atomic E-state index is 14.4. The van der Waals surface area contributed by atoms with Crippen LogP contribution in [0.3, 0.4) is 0 Å². The third kappa shape index (κ3) is 4.41. The van der Waals surface area contributed by atoms with Crippen LogP contribution < -0.4 is 4.74 Å². The Kier molecular flexibility index (Phi) is 6.25. The van der Waals surface area contributed by atoms with Crippen molar-refractivity contribution in [2.24, 2.45) is 5.92 Å². The molecule has 0 atom stereocenters. The van der Waals surface area contributed by atoms with Crippen molar-refractivity contribution in [3.8, 4) is 11.4 Å². The predicted octanol–water partition coefficient (Wildman–Crippen LogP) is 4.87. The van der Waals surface area contributed by atoms with Gasteiger partial charge in [0.25, 0.3) is 0 Å². The summed E-state index contributed by atoms with van der Waals surface area (Å²) in [7, 11) is 1.68. The fourth-order valence-electron chi connectivity index (χ4n) is 5.50. The smallest absolute Gasteiger partial charge is 0.226 e. The Morgan fingerprint density at radius 3 is 2.61 bits per heavy atom. The highest BCUT2D eigenvalue weighted by molar-refractivity contribution is 5.80. The Bertz CT molecular complexity index is 1260. The minimum atomic E-state index is -0.167. The number of carbonyl (C=O) groups is 1. The number of hydrogen-bond acceptors (Lipinski definition) is 4. The minimum Gasteiger partial charge on any atom is -0.494 e. The molecule has 0 unspecified atom stereocenters. The van der Waals surface area contributed by atoms with Crippen molar-refractivity contribution in [1.29, 1.82) is 0 Å². The Balaban J connectivity index is 1.35. The highest BCUT2D eigenvalue weighted by Gasteiger charge is 2.39. The summed E-state index contributed by atoms with van der Waals surface area (Å²) >= 11 is 0. The molecule has 2 aliphatic carbocycles. The highest BCUT2D eigenvalue weighted by atomic mass is 19.1. The van der Waals surface area contributed by atoms with Gasteiger partial charge in [-0.2, -0.15) is 5.10 Å². The van der Waals surface area contributed by atoms with Crippen LogP contribution in [0.4, 0.5) is 4.39 Å². The van der Waals surface area contributed by atoms with Gasteiger partial charge in [-0.15, -0.1) is 0 Å². The largest absolute Gasteiger partial charge is 0.494 e. The molecule has 0 radical (unpaired) electrons. The van der Waals surface area contributed by atoms with Gasteiger partial charge in [0.1, 0.15) is 17.3 Å². The SMILES string of the molecule is COc1ccccc1-n1nc(CN(C(=O)C2CCC2)C2CC2)c2c1CCN(Cc1ccccc1F)C2. The zero-order valence-corrected chi connectivity index (χ0v) is 20.8. The summed E-state index contributed by atoms with van der Waals surface area (Å²) in [5.74, 6) is 1.07. The van der Waals surface area contributed by atoms with Crippen molar-refractivity contribution in [2.75, 3.05) is 13.7 Å². The van der Waals surface area contributed by atoms with Gasteiger partial charge in [-0.25, -0.2) is 9.07 Å². The van der Waals surface area contributed by atoms with Gasteiger partial charge < -0.3 is 9.64 Å². The molecule has 2 heterocycles. The summed E-state index contributed by atoms with van der Waals surface area (Å²) in [6.45, 7) is 2.59. The zero-order chi connectivity index (χ0) is 24.6. The average Bonchev–Trinajstić information content (AvgIpc) is 3.64. The van der Waals surface area contributed by atoms with E-state index in [0.717, 1.165) is 73.5 Å². The standard InChI is InChI=1S/C29H33FN4O2/c1-36-28-12-5-4-11-27(28)34-26-15-16-32(17-21-7-2-3-10-24(21)30)18-23(26)25(31-34)19-33(22-13-14-22)29(35)20-8-6-9-20/h2-5,7,10-12,20,22H,6,8-9,13-19H2,1H3. The van der Waals surface area contributed by atoms with Crippen LogP contribution in [0.15, 0.2) is 48.5 Å². The van der Waals surface area contributed by atoms with E-state index in [1.807, 2.05) is 41.1 Å². The molecule has 3 aromatic rings. The Morgan fingerprint density at radius 2 is 1.89 bits per heavy atom. The number of methoxy groups -OCH3 is 1. The lowest BCUT2D eigenvalue weighted by Gasteiger charge is -2.32. The molecule has 36 heavy (non-hydrogen) atoms. The molecular weight excluding hydrogens is 455 g/mol. The maximum Gasteiger partial charge on any atom is 0.226 e. The quantitative estimate of drug-likeness (QED) is 0.454. The van der Waals surface area contributed by atoms with Gasteiger partial charge in [-0.1, -0.05) is 36.8 Å². The summed E-state index contributed by atoms with van der Waals surface area (Å²) in [6, 6.07) is 15.3. The fourth-order valence-corrected chi connectivity index (χ4v) is 5.50. The zero-order valence-electron chi connectivity index (χ0n) is 20.8. The molecule has 2 saturated carbocycles. The number of nitrogens with zero attached hydrogens (tertiary/aromatic N) is 4. The van der Waals surface area contributed by atoms with E-state index < -0.39 is 0 Å². The van der Waals surface area contributed by atoms with Gasteiger partial charge in [-0.05, 0) is 43.9 Å². The number of ether oxygens (including phenoxy) is 1. The van der Waals surface area contributed by atoms with Crippen LogP contribution in [-0.2, 0) is 30.8 Å². The third-order valence-electron chi connectivity index (χ3n) is 7.93. The number of amides is 1. The number of fused-ring (bicyclic) bond motifs is 1. The molecule has 7 heteroatoms. The summed E-state index contributed by atoms with van der Waals surface area (Å²) in [5.41, 5.74) is 4.89. The van der Waals surface area contributed by atoms with Crippen LogP contribution in [0, 0.1) is 11.7 Å². The molecule has 1 aliphatic heterocycles. The van der Waals surface area contributed by atoms with Gasteiger partial charge >= 0.3 is 0 Å². The molecule has 1 aromatic heterocycles. The molecule has 2 fully saturated rings. The van der Waals surface area contributed by atoms with E-state index in [0.29, 0.717) is 37.1 Å². The molecule has 188 valence electrons. The molecular formula is C29H33FN4O2. The van der Waals surface area contributed by atoms with Crippen molar-refractivity contribution >= 4 is 5.91 Å². The van der Waals surface area contributed by atoms with Crippen LogP contribution in [-0.4, -0.2) is 45.2 Å². The second-order valence-corrected chi connectivity index (χ2v) is 10.3. The number of halogens is 1. The maximum atomic E-state index is 14.4. The summed E-state index contributed by atoms with van der Waals surface area (Å²) < 4.78 is 22.1. The molecule has 0 bridgehead atoms. The van der Waals surface area contributed by atoms with E-state index in [4.69, 9.17) is 9.84 Å². The Morgan fingerprint density at radius 1 is 1.11 bits per heavy atom. The van der Waals surface area contributed by atoms with Crippen LogP contribution >= 0.6 is 0 Å². The van der Waals surface area contributed by atoms with E-state index in [1.54, 1.807) is 13.2 Å². The number of carbonyl (C=O) groups excluding carboxylic acids is 1. The lowest BCUT2D eigenvalue weighted by Crippen LogP contribution is -2.40. The van der Waals surface area contributed by atoms with Crippen molar-refractivity contribution in [2.45, 2.75) is 64.2 Å². The van der Waals surface area contributed by atoms with Crippen LogP contribution in [0.1, 0.15) is 54.6 Å². The molecule has 6 nitrogen and oxygen atoms in total. The van der Waals surface area contributed by atoms with Gasteiger partial charge in [0.05, 0.1) is 25.0 Å². The van der Waals surface area contributed by atoms with E-state index in [1.165, 1.54) is 6.07 Å². The van der Waals surface area contributed by atoms with Crippen molar-refractivity contribution in [3.63, 3.8) is 0 Å². The number of rotatable bonds is 8. The molecule has 0 spiro atoms. The monoisotopic (exact) mass is 488 g/mol. The number of hydrogen-bond donors (Lipinski definition) is 0. The van der Waals surface area contributed by atoms with Gasteiger partial charge in [0.2, 0.25) is 5.91 Å². The molecule has 6 rings (SSSR count). The van der Waals surface area contributed by atoms with Crippen LogP contribution in [0.5, 0.6) is 5.75 Å². The second-order valence-electron chi connectivity index (χ2n) is 10.3. The first-order chi connectivity index (χ1) is 17.6. The van der Waals surface area contributed by atoms with Crippen LogP contribution in [0.2, 0.25) is 0 Å². The van der Waals surface area contributed by atoms with Gasteiger partial charge in [-0.3, -0.25) is 9.69 Å². The van der Waals surface area contributed by atoms with Crippen molar-refractivity contribution < 1.29 is 13.9 Å². The van der Waals surface area contributed by atoms with E-state index in [2.05, 4.69) is 9.80 Å². The molecule has 0 saturated heterocycles. The summed E-state index contributed by atoms with van der Waals surface area (Å²) in [5, 5.41) is 5.11. The summed E-state index contributed by atoms with van der Waals surface area (Å²) in [4.78, 5) is 17.7. The fraction of sp³-hybridized carbons (Fsp3) is 0.448. The molecule has 1 amide bonds. The number of para-hydroxylation sites is 2. The Hall–Kier alpha value is -3.19. The van der Waals surface area contributed by atoms with Gasteiger partial charge in [0.15, 0.2) is 0 Å². The lowest BCUT2D eigenvalue weighted by molar-refractivity contribution is -0.139. The second kappa shape index (κ2) is 9.69. The number of aromatic nitrogens is 2. The highest BCUT2D eigenvalue weighted by Crippen LogP contribution is 2.37. The van der Waals surface area contributed by atoms with E-state index in [-0.39, 0.29) is 11.7 Å².